The molecule has 9 rings (SSSR count). The van der Waals surface area contributed by atoms with E-state index in [0.29, 0.717) is 46.1 Å². The van der Waals surface area contributed by atoms with Crippen molar-refractivity contribution in [1.29, 1.82) is 5.26 Å². The monoisotopic (exact) mass is 691 g/mol. The van der Waals surface area contributed by atoms with E-state index in [2.05, 4.69) is 54.6 Å². The quantitative estimate of drug-likeness (QED) is 0.164. The van der Waals surface area contributed by atoms with Crippen molar-refractivity contribution in [1.82, 2.24) is 29.9 Å². The standard InChI is InChI=1S/C47H29N7/c48-30-40-18-9-10-21-41(40)47-53-44(52-46(54-47)39-27-24-31-12-7-8-17-36(31)29-39)35-25-22-32(23-26-35)37-19-11-20-38(28-37)45-50-42(33-13-3-1-4-14-33)49-43(51-45)34-15-5-2-6-16-34/h1-29H. The largest absolute Gasteiger partial charge is 0.208 e. The summed E-state index contributed by atoms with van der Waals surface area (Å²) in [5, 5.41) is 12.1. The first-order valence-electron chi connectivity index (χ1n) is 17.5. The van der Waals surface area contributed by atoms with E-state index in [-0.39, 0.29) is 0 Å². The molecule has 9 aromatic rings. The van der Waals surface area contributed by atoms with Gasteiger partial charge in [-0.2, -0.15) is 5.26 Å². The maximum atomic E-state index is 9.90. The lowest BCUT2D eigenvalue weighted by molar-refractivity contribution is 1.07. The summed E-state index contributed by atoms with van der Waals surface area (Å²) in [6.45, 7) is 0. The fraction of sp³-hybridized carbons (Fsp3) is 0. The second kappa shape index (κ2) is 14.1. The number of rotatable bonds is 7. The van der Waals surface area contributed by atoms with Gasteiger partial charge in [-0.3, -0.25) is 0 Å². The molecule has 0 amide bonds. The molecule has 252 valence electrons. The van der Waals surface area contributed by atoms with Gasteiger partial charge >= 0.3 is 0 Å². The third-order valence-corrected chi connectivity index (χ3v) is 9.23. The highest BCUT2D eigenvalue weighted by Crippen LogP contribution is 2.31. The van der Waals surface area contributed by atoms with Gasteiger partial charge in [0.25, 0.3) is 0 Å². The van der Waals surface area contributed by atoms with Crippen molar-refractivity contribution in [3.8, 4) is 85.5 Å². The van der Waals surface area contributed by atoms with E-state index in [1.165, 1.54) is 0 Å². The first kappa shape index (κ1) is 32.2. The van der Waals surface area contributed by atoms with E-state index in [4.69, 9.17) is 29.9 Å². The van der Waals surface area contributed by atoms with Crippen LogP contribution in [-0.2, 0) is 0 Å². The van der Waals surface area contributed by atoms with Crippen LogP contribution in [0.1, 0.15) is 5.56 Å². The lowest BCUT2D eigenvalue weighted by Crippen LogP contribution is -2.01. The van der Waals surface area contributed by atoms with Crippen LogP contribution >= 0.6 is 0 Å². The van der Waals surface area contributed by atoms with Crippen LogP contribution < -0.4 is 0 Å². The Morgan fingerprint density at radius 3 is 1.35 bits per heavy atom. The van der Waals surface area contributed by atoms with Gasteiger partial charge in [0, 0.05) is 33.4 Å². The Balaban J connectivity index is 1.10. The minimum atomic E-state index is 0.444. The molecule has 0 atom stereocenters. The SMILES string of the molecule is N#Cc1ccccc1-c1nc(-c2ccc(-c3cccc(-c4nc(-c5ccccc5)nc(-c5ccccc5)n4)c3)cc2)nc(-c2ccc3ccccc3c2)n1. The summed E-state index contributed by atoms with van der Waals surface area (Å²) in [6, 6.07) is 60.4. The Bertz CT molecular complexity index is 2770. The van der Waals surface area contributed by atoms with Crippen LogP contribution in [0.15, 0.2) is 176 Å². The van der Waals surface area contributed by atoms with E-state index in [9.17, 15) is 5.26 Å². The second-order valence-corrected chi connectivity index (χ2v) is 12.7. The second-order valence-electron chi connectivity index (χ2n) is 12.7. The minimum absolute atomic E-state index is 0.444. The summed E-state index contributed by atoms with van der Waals surface area (Å²) in [5.74, 6) is 3.32. The van der Waals surface area contributed by atoms with Crippen LogP contribution in [0.3, 0.4) is 0 Å². The van der Waals surface area contributed by atoms with Gasteiger partial charge in [-0.05, 0) is 46.2 Å². The van der Waals surface area contributed by atoms with Crippen LogP contribution in [0.5, 0.6) is 0 Å². The van der Waals surface area contributed by atoms with Crippen LogP contribution in [0.25, 0.3) is 90.2 Å². The van der Waals surface area contributed by atoms with E-state index in [0.717, 1.165) is 49.7 Å². The Labute approximate surface area is 312 Å². The summed E-state index contributed by atoms with van der Waals surface area (Å²) >= 11 is 0. The third kappa shape index (κ3) is 6.47. The zero-order chi connectivity index (χ0) is 36.3. The van der Waals surface area contributed by atoms with Crippen LogP contribution in [0.4, 0.5) is 0 Å². The van der Waals surface area contributed by atoms with Gasteiger partial charge in [-0.15, -0.1) is 0 Å². The number of nitriles is 1. The van der Waals surface area contributed by atoms with E-state index in [1.54, 1.807) is 6.07 Å². The van der Waals surface area contributed by atoms with Crippen molar-refractivity contribution >= 4 is 10.8 Å². The van der Waals surface area contributed by atoms with E-state index >= 15 is 0 Å². The molecular formula is C47H29N7. The highest BCUT2D eigenvalue weighted by molar-refractivity contribution is 5.87. The molecule has 7 heteroatoms. The Morgan fingerprint density at radius 2 is 0.722 bits per heavy atom. The molecule has 2 heterocycles. The van der Waals surface area contributed by atoms with Crippen molar-refractivity contribution in [2.75, 3.05) is 0 Å². The molecular weight excluding hydrogens is 663 g/mol. The topological polar surface area (TPSA) is 101 Å². The molecule has 0 aliphatic carbocycles. The summed E-state index contributed by atoms with van der Waals surface area (Å²) in [6.07, 6.45) is 0. The smallest absolute Gasteiger partial charge is 0.165 e. The van der Waals surface area contributed by atoms with Crippen molar-refractivity contribution < 1.29 is 0 Å². The fourth-order valence-electron chi connectivity index (χ4n) is 6.45. The number of nitrogens with zero attached hydrogens (tertiary/aromatic N) is 7. The maximum Gasteiger partial charge on any atom is 0.165 e. The molecule has 0 saturated carbocycles. The predicted molar refractivity (Wildman–Crippen MR) is 213 cm³/mol. The fourth-order valence-corrected chi connectivity index (χ4v) is 6.45. The molecule has 0 N–H and O–H groups in total. The maximum absolute atomic E-state index is 9.90. The Kier molecular flexibility index (Phi) is 8.44. The molecule has 0 aliphatic rings. The van der Waals surface area contributed by atoms with Gasteiger partial charge in [-0.25, -0.2) is 29.9 Å². The third-order valence-electron chi connectivity index (χ3n) is 9.23. The molecule has 7 aromatic carbocycles. The highest BCUT2D eigenvalue weighted by Gasteiger charge is 2.16. The molecule has 0 fully saturated rings. The molecule has 7 nitrogen and oxygen atoms in total. The Hall–Kier alpha value is -7.69. The molecule has 0 radical (unpaired) electrons. The normalized spacial score (nSPS) is 10.9. The number of benzene rings is 7. The van der Waals surface area contributed by atoms with Crippen molar-refractivity contribution in [2.45, 2.75) is 0 Å². The summed E-state index contributed by atoms with van der Waals surface area (Å²) in [4.78, 5) is 29.4. The van der Waals surface area contributed by atoms with Gasteiger partial charge < -0.3 is 0 Å². The first-order valence-corrected chi connectivity index (χ1v) is 17.5. The molecule has 0 spiro atoms. The number of hydrogen-bond acceptors (Lipinski definition) is 7. The molecule has 0 unspecified atom stereocenters. The zero-order valence-electron chi connectivity index (χ0n) is 28.9. The molecule has 0 saturated heterocycles. The average Bonchev–Trinajstić information content (AvgIpc) is 3.26. The molecule has 54 heavy (non-hydrogen) atoms. The Morgan fingerprint density at radius 1 is 0.296 bits per heavy atom. The minimum Gasteiger partial charge on any atom is -0.208 e. The molecule has 0 bridgehead atoms. The van der Waals surface area contributed by atoms with Gasteiger partial charge in [0.2, 0.25) is 0 Å². The van der Waals surface area contributed by atoms with E-state index in [1.807, 2.05) is 121 Å². The van der Waals surface area contributed by atoms with Gasteiger partial charge in [-0.1, -0.05) is 152 Å². The first-order chi connectivity index (χ1) is 26.7. The lowest BCUT2D eigenvalue weighted by Gasteiger charge is -2.11. The van der Waals surface area contributed by atoms with Crippen molar-refractivity contribution in [3.63, 3.8) is 0 Å². The zero-order valence-corrected chi connectivity index (χ0v) is 28.9. The van der Waals surface area contributed by atoms with Crippen molar-refractivity contribution in [2.24, 2.45) is 0 Å². The van der Waals surface area contributed by atoms with E-state index < -0.39 is 0 Å². The van der Waals surface area contributed by atoms with Crippen LogP contribution in [-0.4, -0.2) is 29.9 Å². The average molecular weight is 692 g/mol. The van der Waals surface area contributed by atoms with Gasteiger partial charge in [0.1, 0.15) is 0 Å². The summed E-state index contributed by atoms with van der Waals surface area (Å²) in [5.41, 5.74) is 7.60. The lowest BCUT2D eigenvalue weighted by atomic mass is 10.0. The van der Waals surface area contributed by atoms with Crippen molar-refractivity contribution in [3.05, 3.63) is 181 Å². The number of fused-ring (bicyclic) bond motifs is 1. The predicted octanol–water partition coefficient (Wildman–Crippen LogP) is 10.8. The summed E-state index contributed by atoms with van der Waals surface area (Å²) in [7, 11) is 0. The van der Waals surface area contributed by atoms with Crippen LogP contribution in [0, 0.1) is 11.3 Å². The number of aromatic nitrogens is 6. The number of hydrogen-bond donors (Lipinski definition) is 0. The molecule has 0 aliphatic heterocycles. The van der Waals surface area contributed by atoms with Gasteiger partial charge in [0.05, 0.1) is 11.6 Å². The summed E-state index contributed by atoms with van der Waals surface area (Å²) < 4.78 is 0. The van der Waals surface area contributed by atoms with Gasteiger partial charge in [0.15, 0.2) is 34.9 Å². The van der Waals surface area contributed by atoms with Crippen LogP contribution in [0.2, 0.25) is 0 Å². The highest BCUT2D eigenvalue weighted by atomic mass is 15.0. The molecule has 2 aromatic heterocycles.